The van der Waals surface area contributed by atoms with E-state index in [0.717, 1.165) is 11.1 Å². The van der Waals surface area contributed by atoms with E-state index in [2.05, 4.69) is 0 Å². The van der Waals surface area contributed by atoms with Gasteiger partial charge in [-0.15, -0.1) is 0 Å². The Kier molecular flexibility index (Phi) is 2.92. The van der Waals surface area contributed by atoms with E-state index >= 15 is 0 Å². The van der Waals surface area contributed by atoms with Crippen molar-refractivity contribution in [1.82, 2.24) is 0 Å². The molecule has 4 rings (SSSR count). The summed E-state index contributed by atoms with van der Waals surface area (Å²) in [5, 5.41) is 1.01. The predicted octanol–water partition coefficient (Wildman–Crippen LogP) is 4.83. The second kappa shape index (κ2) is 4.59. The first-order valence-corrected chi connectivity index (χ1v) is 7.49. The standard InChI is InChI=1S/C17H12Cl2O2/c18-14-15(19)17(13-9-5-2-6-10-13)11-16(14,20-21-17)12-7-3-1-4-8-12/h1-10H,11H2/t16-,17+. The van der Waals surface area contributed by atoms with Crippen molar-refractivity contribution in [3.63, 3.8) is 0 Å². The minimum absolute atomic E-state index is 0.505. The maximum Gasteiger partial charge on any atom is 0.169 e. The predicted molar refractivity (Wildman–Crippen MR) is 81.8 cm³/mol. The van der Waals surface area contributed by atoms with Crippen LogP contribution in [0.1, 0.15) is 17.5 Å². The number of halogens is 2. The van der Waals surface area contributed by atoms with Crippen LogP contribution < -0.4 is 0 Å². The molecule has 1 saturated heterocycles. The third-order valence-electron chi connectivity index (χ3n) is 4.21. The summed E-state index contributed by atoms with van der Waals surface area (Å²) in [4.78, 5) is 11.4. The van der Waals surface area contributed by atoms with Crippen molar-refractivity contribution in [3.05, 3.63) is 81.9 Å². The summed E-state index contributed by atoms with van der Waals surface area (Å²) in [6.07, 6.45) is 0.547. The maximum atomic E-state index is 6.53. The van der Waals surface area contributed by atoms with Gasteiger partial charge in [0.1, 0.15) is 0 Å². The Morgan fingerprint density at radius 3 is 1.43 bits per heavy atom. The van der Waals surface area contributed by atoms with Crippen molar-refractivity contribution in [2.45, 2.75) is 17.6 Å². The molecule has 2 aliphatic rings. The molecule has 1 aliphatic carbocycles. The number of fused-ring (bicyclic) bond motifs is 2. The lowest BCUT2D eigenvalue weighted by Gasteiger charge is -2.27. The van der Waals surface area contributed by atoms with E-state index in [0.29, 0.717) is 16.5 Å². The van der Waals surface area contributed by atoms with Gasteiger partial charge < -0.3 is 0 Å². The highest BCUT2D eigenvalue weighted by molar-refractivity contribution is 6.41. The molecule has 2 nitrogen and oxygen atoms in total. The molecule has 0 aromatic heterocycles. The molecule has 1 fully saturated rings. The van der Waals surface area contributed by atoms with Crippen molar-refractivity contribution < 1.29 is 9.78 Å². The lowest BCUT2D eigenvalue weighted by molar-refractivity contribution is -0.348. The van der Waals surface area contributed by atoms with Gasteiger partial charge in [0.15, 0.2) is 11.2 Å². The Balaban J connectivity index is 1.88. The Morgan fingerprint density at radius 1 is 0.667 bits per heavy atom. The molecule has 0 radical (unpaired) electrons. The third-order valence-corrected chi connectivity index (χ3v) is 5.29. The van der Waals surface area contributed by atoms with Gasteiger partial charge in [-0.3, -0.25) is 0 Å². The Bertz CT molecular complexity index is 653. The van der Waals surface area contributed by atoms with Crippen molar-refractivity contribution in [3.8, 4) is 0 Å². The molecule has 0 saturated carbocycles. The quantitative estimate of drug-likeness (QED) is 0.738. The summed E-state index contributed by atoms with van der Waals surface area (Å²) < 4.78 is 0. The van der Waals surface area contributed by atoms with E-state index in [1.54, 1.807) is 0 Å². The summed E-state index contributed by atoms with van der Waals surface area (Å²) in [5.74, 6) is 0. The Labute approximate surface area is 132 Å². The van der Waals surface area contributed by atoms with Gasteiger partial charge in [-0.1, -0.05) is 83.9 Å². The first-order valence-electron chi connectivity index (χ1n) is 6.73. The minimum atomic E-state index is -0.810. The highest BCUT2D eigenvalue weighted by Gasteiger charge is 2.64. The maximum absolute atomic E-state index is 6.53. The van der Waals surface area contributed by atoms with Gasteiger partial charge in [-0.2, -0.15) is 0 Å². The van der Waals surface area contributed by atoms with E-state index in [-0.39, 0.29) is 0 Å². The zero-order valence-electron chi connectivity index (χ0n) is 11.1. The molecular weight excluding hydrogens is 307 g/mol. The van der Waals surface area contributed by atoms with Crippen LogP contribution in [0.2, 0.25) is 0 Å². The van der Waals surface area contributed by atoms with E-state index < -0.39 is 11.2 Å². The largest absolute Gasteiger partial charge is 0.218 e. The number of benzene rings is 2. The van der Waals surface area contributed by atoms with E-state index in [1.165, 1.54) is 0 Å². The molecule has 2 bridgehead atoms. The van der Waals surface area contributed by atoms with Gasteiger partial charge in [-0.25, -0.2) is 9.78 Å². The van der Waals surface area contributed by atoms with Crippen LogP contribution in [0.4, 0.5) is 0 Å². The van der Waals surface area contributed by atoms with Gasteiger partial charge in [0.2, 0.25) is 0 Å². The molecule has 2 atom stereocenters. The van der Waals surface area contributed by atoms with Gasteiger partial charge >= 0.3 is 0 Å². The SMILES string of the molecule is ClC1=C(Cl)[C@@]2(c3ccccc3)C[C@]1(c1ccccc1)OO2. The monoisotopic (exact) mass is 318 g/mol. The fourth-order valence-corrected chi connectivity index (χ4v) is 3.82. The molecule has 4 heteroatoms. The highest BCUT2D eigenvalue weighted by Crippen LogP contribution is 2.64. The van der Waals surface area contributed by atoms with E-state index in [1.807, 2.05) is 60.7 Å². The molecule has 2 aromatic carbocycles. The van der Waals surface area contributed by atoms with Gasteiger partial charge in [0, 0.05) is 6.42 Å². The molecule has 2 aromatic rings. The van der Waals surface area contributed by atoms with Crippen molar-refractivity contribution >= 4 is 23.2 Å². The molecule has 0 amide bonds. The van der Waals surface area contributed by atoms with Gasteiger partial charge in [0.25, 0.3) is 0 Å². The fourth-order valence-electron chi connectivity index (χ4n) is 3.10. The smallest absolute Gasteiger partial charge is 0.169 e. The number of rotatable bonds is 2. The second-order valence-corrected chi connectivity index (χ2v) is 6.11. The summed E-state index contributed by atoms with van der Waals surface area (Å²) >= 11 is 13.1. The van der Waals surface area contributed by atoms with Gasteiger partial charge in [0.05, 0.1) is 10.1 Å². The topological polar surface area (TPSA) is 18.5 Å². The van der Waals surface area contributed by atoms with Crippen LogP contribution >= 0.6 is 23.2 Å². The average molecular weight is 319 g/mol. The summed E-state index contributed by atoms with van der Waals surface area (Å²) in [7, 11) is 0. The van der Waals surface area contributed by atoms with Crippen LogP contribution in [-0.4, -0.2) is 0 Å². The first-order chi connectivity index (χ1) is 10.2. The molecule has 0 spiro atoms. The third kappa shape index (κ3) is 1.68. The minimum Gasteiger partial charge on any atom is -0.218 e. The van der Waals surface area contributed by atoms with Crippen molar-refractivity contribution in [2.24, 2.45) is 0 Å². The Hall–Kier alpha value is -1.32. The van der Waals surface area contributed by atoms with E-state index in [4.69, 9.17) is 33.0 Å². The molecular formula is C17H12Cl2O2. The van der Waals surface area contributed by atoms with Crippen LogP contribution in [0.25, 0.3) is 0 Å². The second-order valence-electron chi connectivity index (χ2n) is 5.36. The molecule has 0 N–H and O–H groups in total. The molecule has 1 aliphatic heterocycles. The van der Waals surface area contributed by atoms with Crippen LogP contribution in [0.5, 0.6) is 0 Å². The molecule has 1 heterocycles. The summed E-state index contributed by atoms with van der Waals surface area (Å²) in [6.45, 7) is 0. The number of hydrogen-bond acceptors (Lipinski definition) is 2. The van der Waals surface area contributed by atoms with Crippen molar-refractivity contribution in [1.29, 1.82) is 0 Å². The molecule has 106 valence electrons. The highest BCUT2D eigenvalue weighted by atomic mass is 35.5. The lowest BCUT2D eigenvalue weighted by Crippen LogP contribution is -2.25. The van der Waals surface area contributed by atoms with Crippen molar-refractivity contribution in [2.75, 3.05) is 0 Å². The van der Waals surface area contributed by atoms with Gasteiger partial charge in [-0.05, 0) is 11.1 Å². The summed E-state index contributed by atoms with van der Waals surface area (Å²) in [5.41, 5.74) is 0.276. The Morgan fingerprint density at radius 2 is 1.05 bits per heavy atom. The molecule has 21 heavy (non-hydrogen) atoms. The van der Waals surface area contributed by atoms with E-state index in [9.17, 15) is 0 Å². The van der Waals surface area contributed by atoms with Crippen LogP contribution in [0.3, 0.4) is 0 Å². The normalized spacial score (nSPS) is 31.0. The lowest BCUT2D eigenvalue weighted by atomic mass is 9.86. The molecule has 0 unspecified atom stereocenters. The van der Waals surface area contributed by atoms with Crippen LogP contribution in [-0.2, 0) is 21.0 Å². The van der Waals surface area contributed by atoms with Crippen LogP contribution in [0.15, 0.2) is 70.7 Å². The zero-order valence-corrected chi connectivity index (χ0v) is 12.6. The summed E-state index contributed by atoms with van der Waals surface area (Å²) in [6, 6.07) is 19.6. The number of hydrogen-bond donors (Lipinski definition) is 0. The first kappa shape index (κ1) is 13.4. The zero-order chi connectivity index (χ0) is 14.5. The fraction of sp³-hybridized carbons (Fsp3) is 0.176. The van der Waals surface area contributed by atoms with Crippen LogP contribution in [0, 0.1) is 0 Å². The average Bonchev–Trinajstić information content (AvgIpc) is 3.06.